The molecule has 0 aromatic heterocycles. The van der Waals surface area contributed by atoms with Gasteiger partial charge < -0.3 is 10.8 Å². The maximum Gasteiger partial charge on any atom is 0.0905 e. The fourth-order valence-electron chi connectivity index (χ4n) is 0.604. The third-order valence-corrected chi connectivity index (χ3v) is 1.10. The number of hydrogen-bond donors (Lipinski definition) is 3. The predicted molar refractivity (Wildman–Crippen MR) is 37.5 cm³/mol. The third kappa shape index (κ3) is 7.43. The Labute approximate surface area is 55.4 Å². The number of rotatable bonds is 5. The minimum atomic E-state index is 0.243. The van der Waals surface area contributed by atoms with Gasteiger partial charge in [0.15, 0.2) is 0 Å². The van der Waals surface area contributed by atoms with Gasteiger partial charge in [0.1, 0.15) is 0 Å². The Hall–Kier alpha value is -0.570. The highest BCUT2D eigenvalue weighted by Gasteiger charge is 1.89. The summed E-state index contributed by atoms with van der Waals surface area (Å²) in [4.78, 5) is 0. The van der Waals surface area contributed by atoms with E-state index >= 15 is 0 Å². The van der Waals surface area contributed by atoms with Gasteiger partial charge in [0, 0.05) is 13.0 Å². The summed E-state index contributed by atoms with van der Waals surface area (Å²) in [5, 5.41) is 15.2. The van der Waals surface area contributed by atoms with Crippen LogP contribution in [0.3, 0.4) is 0 Å². The first kappa shape index (κ1) is 8.43. The highest BCUT2D eigenvalue weighted by molar-refractivity contribution is 5.76. The van der Waals surface area contributed by atoms with Gasteiger partial charge in [-0.1, -0.05) is 6.42 Å². The number of amidine groups is 1. The summed E-state index contributed by atoms with van der Waals surface area (Å²) in [5.74, 6) is 0.243. The van der Waals surface area contributed by atoms with E-state index in [2.05, 4.69) is 0 Å². The summed E-state index contributed by atoms with van der Waals surface area (Å²) in [7, 11) is 0. The molecule has 3 nitrogen and oxygen atoms in total. The lowest BCUT2D eigenvalue weighted by atomic mass is 10.2. The van der Waals surface area contributed by atoms with E-state index in [0.717, 1.165) is 19.3 Å². The number of aliphatic hydroxyl groups is 1. The Morgan fingerprint density at radius 3 is 2.44 bits per heavy atom. The van der Waals surface area contributed by atoms with Crippen LogP contribution in [0.2, 0.25) is 0 Å². The van der Waals surface area contributed by atoms with Crippen LogP contribution in [-0.4, -0.2) is 17.5 Å². The normalized spacial score (nSPS) is 9.44. The molecule has 0 bridgehead atoms. The van der Waals surface area contributed by atoms with Gasteiger partial charge in [0.25, 0.3) is 0 Å². The zero-order chi connectivity index (χ0) is 7.11. The van der Waals surface area contributed by atoms with Crippen LogP contribution in [-0.2, 0) is 0 Å². The number of nitrogens with one attached hydrogen (secondary N) is 1. The van der Waals surface area contributed by atoms with Crippen LogP contribution in [0.15, 0.2) is 0 Å². The summed E-state index contributed by atoms with van der Waals surface area (Å²) in [5.41, 5.74) is 5.10. The summed E-state index contributed by atoms with van der Waals surface area (Å²) in [6.07, 6.45) is 3.39. The average molecular weight is 130 g/mol. The van der Waals surface area contributed by atoms with Crippen LogP contribution in [0.4, 0.5) is 0 Å². The quantitative estimate of drug-likeness (QED) is 0.288. The van der Waals surface area contributed by atoms with Crippen molar-refractivity contribution in [3.63, 3.8) is 0 Å². The molecule has 0 heterocycles. The molecule has 0 aliphatic heterocycles. The Morgan fingerprint density at radius 1 is 1.33 bits per heavy atom. The SMILES string of the molecule is N=C(N)CCCCCO. The van der Waals surface area contributed by atoms with Crippen molar-refractivity contribution in [3.05, 3.63) is 0 Å². The van der Waals surface area contributed by atoms with Gasteiger partial charge in [-0.3, -0.25) is 5.41 Å². The number of nitrogens with two attached hydrogens (primary N) is 1. The van der Waals surface area contributed by atoms with Crippen molar-refractivity contribution in [1.29, 1.82) is 5.41 Å². The predicted octanol–water partition coefficient (Wildman–Crippen LogP) is 0.475. The van der Waals surface area contributed by atoms with Crippen molar-refractivity contribution in [1.82, 2.24) is 0 Å². The molecule has 0 aliphatic rings. The molecule has 0 radical (unpaired) electrons. The van der Waals surface area contributed by atoms with Gasteiger partial charge in [-0.05, 0) is 12.8 Å². The van der Waals surface area contributed by atoms with E-state index < -0.39 is 0 Å². The Bertz CT molecular complexity index is 83.1. The number of hydrogen-bond acceptors (Lipinski definition) is 2. The smallest absolute Gasteiger partial charge is 0.0905 e. The van der Waals surface area contributed by atoms with Crippen LogP contribution in [0.25, 0.3) is 0 Å². The molecule has 54 valence electrons. The summed E-state index contributed by atoms with van der Waals surface area (Å²) in [6.45, 7) is 0.248. The fourth-order valence-corrected chi connectivity index (χ4v) is 0.604. The third-order valence-electron chi connectivity index (χ3n) is 1.10. The Morgan fingerprint density at radius 2 is 2.00 bits per heavy atom. The molecule has 0 aliphatic carbocycles. The first-order valence-electron chi connectivity index (χ1n) is 3.21. The van der Waals surface area contributed by atoms with Crippen molar-refractivity contribution in [2.24, 2.45) is 5.73 Å². The molecule has 0 aromatic carbocycles. The molecular weight excluding hydrogens is 116 g/mol. The lowest BCUT2D eigenvalue weighted by Crippen LogP contribution is -2.08. The minimum absolute atomic E-state index is 0.243. The lowest BCUT2D eigenvalue weighted by molar-refractivity contribution is 0.283. The standard InChI is InChI=1S/C6H14N2O/c7-6(8)4-2-1-3-5-9/h9H,1-5H2,(H3,7,8). The largest absolute Gasteiger partial charge is 0.396 e. The molecule has 0 spiro atoms. The molecule has 9 heavy (non-hydrogen) atoms. The van der Waals surface area contributed by atoms with Crippen molar-refractivity contribution in [2.75, 3.05) is 6.61 Å². The molecule has 0 aromatic rings. The van der Waals surface area contributed by atoms with Crippen molar-refractivity contribution >= 4 is 5.84 Å². The Kier molecular flexibility index (Phi) is 5.21. The van der Waals surface area contributed by atoms with Crippen LogP contribution >= 0.6 is 0 Å². The van der Waals surface area contributed by atoms with Crippen LogP contribution < -0.4 is 5.73 Å². The van der Waals surface area contributed by atoms with E-state index in [0.29, 0.717) is 6.42 Å². The van der Waals surface area contributed by atoms with Gasteiger partial charge >= 0.3 is 0 Å². The van der Waals surface area contributed by atoms with E-state index in [1.165, 1.54) is 0 Å². The molecule has 0 saturated carbocycles. The Balaban J connectivity index is 2.83. The highest BCUT2D eigenvalue weighted by Crippen LogP contribution is 1.97. The van der Waals surface area contributed by atoms with Gasteiger partial charge in [0.05, 0.1) is 5.84 Å². The second kappa shape index (κ2) is 5.56. The average Bonchev–Trinajstić information content (AvgIpc) is 1.80. The van der Waals surface area contributed by atoms with Gasteiger partial charge in [-0.25, -0.2) is 0 Å². The molecule has 0 amide bonds. The first-order valence-corrected chi connectivity index (χ1v) is 3.21. The molecule has 3 heteroatoms. The van der Waals surface area contributed by atoms with Crippen molar-refractivity contribution in [3.8, 4) is 0 Å². The minimum Gasteiger partial charge on any atom is -0.396 e. The van der Waals surface area contributed by atoms with Crippen LogP contribution in [0, 0.1) is 5.41 Å². The molecule has 0 rings (SSSR count). The number of unbranched alkanes of at least 4 members (excludes halogenated alkanes) is 2. The van der Waals surface area contributed by atoms with Gasteiger partial charge in [-0.15, -0.1) is 0 Å². The van der Waals surface area contributed by atoms with E-state index in [-0.39, 0.29) is 12.4 Å². The lowest BCUT2D eigenvalue weighted by Gasteiger charge is -1.95. The molecule has 0 fully saturated rings. The number of aliphatic hydroxyl groups excluding tert-OH is 1. The first-order chi connectivity index (χ1) is 4.27. The van der Waals surface area contributed by atoms with Crippen molar-refractivity contribution < 1.29 is 5.11 Å². The molecule has 0 unspecified atom stereocenters. The maximum absolute atomic E-state index is 8.35. The van der Waals surface area contributed by atoms with Crippen molar-refractivity contribution in [2.45, 2.75) is 25.7 Å². The van der Waals surface area contributed by atoms with Gasteiger partial charge in [-0.2, -0.15) is 0 Å². The molecule has 0 atom stereocenters. The molecular formula is C6H14N2O. The van der Waals surface area contributed by atoms with Crippen LogP contribution in [0.5, 0.6) is 0 Å². The zero-order valence-electron chi connectivity index (χ0n) is 5.56. The monoisotopic (exact) mass is 130 g/mol. The second-order valence-electron chi connectivity index (χ2n) is 2.06. The summed E-state index contributed by atoms with van der Waals surface area (Å²) < 4.78 is 0. The summed E-state index contributed by atoms with van der Waals surface area (Å²) in [6, 6.07) is 0. The maximum atomic E-state index is 8.35. The molecule has 0 saturated heterocycles. The summed E-state index contributed by atoms with van der Waals surface area (Å²) >= 11 is 0. The van der Waals surface area contributed by atoms with E-state index in [1.807, 2.05) is 0 Å². The van der Waals surface area contributed by atoms with E-state index in [1.54, 1.807) is 0 Å². The van der Waals surface area contributed by atoms with Crippen LogP contribution in [0.1, 0.15) is 25.7 Å². The van der Waals surface area contributed by atoms with E-state index in [9.17, 15) is 0 Å². The fraction of sp³-hybridized carbons (Fsp3) is 0.833. The van der Waals surface area contributed by atoms with Gasteiger partial charge in [0.2, 0.25) is 0 Å². The second-order valence-corrected chi connectivity index (χ2v) is 2.06. The molecule has 4 N–H and O–H groups in total. The zero-order valence-corrected chi connectivity index (χ0v) is 5.56. The highest BCUT2D eigenvalue weighted by atomic mass is 16.2. The van der Waals surface area contributed by atoms with E-state index in [4.69, 9.17) is 16.2 Å². The topological polar surface area (TPSA) is 70.1 Å².